The van der Waals surface area contributed by atoms with Crippen LogP contribution >= 0.6 is 22.7 Å². The van der Waals surface area contributed by atoms with Gasteiger partial charge in [0, 0.05) is 15.8 Å². The summed E-state index contributed by atoms with van der Waals surface area (Å²) < 4.78 is 1.33. The molecular formula is C13H13N3S2. The molecule has 3 aromatic rings. The van der Waals surface area contributed by atoms with E-state index in [0.717, 1.165) is 6.42 Å². The lowest BCUT2D eigenvalue weighted by Gasteiger charge is -2.13. The highest BCUT2D eigenvalue weighted by molar-refractivity contribution is 7.17. The first kappa shape index (κ1) is 11.8. The SMILES string of the molecule is NNC(Cc1csc2ccccc12)c1cncs1. The molecule has 92 valence electrons. The van der Waals surface area contributed by atoms with Crippen molar-refractivity contribution in [3.63, 3.8) is 0 Å². The van der Waals surface area contributed by atoms with Crippen molar-refractivity contribution >= 4 is 32.8 Å². The molecule has 0 spiro atoms. The molecule has 18 heavy (non-hydrogen) atoms. The summed E-state index contributed by atoms with van der Waals surface area (Å²) in [5, 5.41) is 3.54. The van der Waals surface area contributed by atoms with E-state index in [2.05, 4.69) is 40.1 Å². The Morgan fingerprint density at radius 3 is 2.94 bits per heavy atom. The zero-order chi connectivity index (χ0) is 12.4. The lowest BCUT2D eigenvalue weighted by atomic mass is 10.0. The quantitative estimate of drug-likeness (QED) is 0.568. The first-order valence-corrected chi connectivity index (χ1v) is 7.44. The van der Waals surface area contributed by atoms with Gasteiger partial charge in [-0.2, -0.15) is 0 Å². The van der Waals surface area contributed by atoms with E-state index >= 15 is 0 Å². The Kier molecular flexibility index (Phi) is 3.38. The number of nitrogens with zero attached hydrogens (tertiary/aromatic N) is 1. The van der Waals surface area contributed by atoms with E-state index in [1.54, 1.807) is 22.7 Å². The van der Waals surface area contributed by atoms with Gasteiger partial charge in [0.15, 0.2) is 0 Å². The summed E-state index contributed by atoms with van der Waals surface area (Å²) in [4.78, 5) is 5.28. The van der Waals surface area contributed by atoms with Crippen molar-refractivity contribution in [2.24, 2.45) is 5.84 Å². The number of thiazole rings is 1. The van der Waals surface area contributed by atoms with Crippen LogP contribution in [0.5, 0.6) is 0 Å². The van der Waals surface area contributed by atoms with Crippen LogP contribution in [-0.2, 0) is 6.42 Å². The van der Waals surface area contributed by atoms with Crippen LogP contribution in [0, 0.1) is 0 Å². The van der Waals surface area contributed by atoms with Gasteiger partial charge in [-0.15, -0.1) is 22.7 Å². The molecule has 0 amide bonds. The number of nitrogens with one attached hydrogen (secondary N) is 1. The third-order valence-corrected chi connectivity index (χ3v) is 4.88. The molecule has 0 aliphatic rings. The smallest absolute Gasteiger partial charge is 0.0794 e. The van der Waals surface area contributed by atoms with E-state index in [-0.39, 0.29) is 6.04 Å². The second kappa shape index (κ2) is 5.16. The number of aromatic nitrogens is 1. The summed E-state index contributed by atoms with van der Waals surface area (Å²) >= 11 is 3.42. The number of benzene rings is 1. The van der Waals surface area contributed by atoms with Gasteiger partial charge in [0.05, 0.1) is 11.6 Å². The first-order chi connectivity index (χ1) is 8.88. The predicted molar refractivity (Wildman–Crippen MR) is 77.7 cm³/mol. The van der Waals surface area contributed by atoms with Gasteiger partial charge in [0.1, 0.15) is 0 Å². The molecule has 0 aliphatic carbocycles. The van der Waals surface area contributed by atoms with Crippen LogP contribution < -0.4 is 11.3 Å². The zero-order valence-electron chi connectivity index (χ0n) is 9.67. The lowest BCUT2D eigenvalue weighted by Crippen LogP contribution is -2.28. The average molecular weight is 275 g/mol. The van der Waals surface area contributed by atoms with Crippen LogP contribution in [0.2, 0.25) is 0 Å². The van der Waals surface area contributed by atoms with Crippen LogP contribution in [0.15, 0.2) is 41.4 Å². The molecule has 3 nitrogen and oxygen atoms in total. The molecule has 3 N–H and O–H groups in total. The van der Waals surface area contributed by atoms with E-state index in [4.69, 9.17) is 5.84 Å². The molecular weight excluding hydrogens is 262 g/mol. The van der Waals surface area contributed by atoms with Crippen LogP contribution in [0.25, 0.3) is 10.1 Å². The highest BCUT2D eigenvalue weighted by Crippen LogP contribution is 2.30. The third kappa shape index (κ3) is 2.18. The molecule has 0 aliphatic heterocycles. The number of thiophene rings is 1. The number of nitrogens with two attached hydrogens (primary N) is 1. The zero-order valence-corrected chi connectivity index (χ0v) is 11.3. The van der Waals surface area contributed by atoms with Gasteiger partial charge in [-0.25, -0.2) is 0 Å². The second-order valence-corrected chi connectivity index (χ2v) is 5.91. The summed E-state index contributed by atoms with van der Waals surface area (Å²) in [5.74, 6) is 5.66. The summed E-state index contributed by atoms with van der Waals surface area (Å²) in [5.41, 5.74) is 6.06. The Balaban J connectivity index is 1.91. The fraction of sp³-hybridized carbons (Fsp3) is 0.154. The van der Waals surface area contributed by atoms with Gasteiger partial charge >= 0.3 is 0 Å². The Morgan fingerprint density at radius 1 is 1.28 bits per heavy atom. The Hall–Kier alpha value is -1.27. The monoisotopic (exact) mass is 275 g/mol. The fourth-order valence-electron chi connectivity index (χ4n) is 2.05. The van der Waals surface area contributed by atoms with Crippen LogP contribution in [0.1, 0.15) is 16.5 Å². The highest BCUT2D eigenvalue weighted by Gasteiger charge is 2.14. The molecule has 2 heterocycles. The summed E-state index contributed by atoms with van der Waals surface area (Å²) in [6, 6.07) is 8.61. The van der Waals surface area contributed by atoms with Crippen molar-refractivity contribution in [1.29, 1.82) is 0 Å². The van der Waals surface area contributed by atoms with E-state index < -0.39 is 0 Å². The largest absolute Gasteiger partial charge is 0.271 e. The van der Waals surface area contributed by atoms with E-state index in [1.807, 2.05) is 11.7 Å². The van der Waals surface area contributed by atoms with Crippen LogP contribution in [-0.4, -0.2) is 4.98 Å². The minimum atomic E-state index is 0.135. The minimum absolute atomic E-state index is 0.135. The van der Waals surface area contributed by atoms with Gasteiger partial charge < -0.3 is 0 Å². The molecule has 0 bridgehead atoms. The van der Waals surface area contributed by atoms with Crippen molar-refractivity contribution in [2.75, 3.05) is 0 Å². The van der Waals surface area contributed by atoms with Gasteiger partial charge in [-0.3, -0.25) is 16.3 Å². The van der Waals surface area contributed by atoms with Gasteiger partial charge in [-0.1, -0.05) is 18.2 Å². The normalized spacial score (nSPS) is 12.9. The first-order valence-electron chi connectivity index (χ1n) is 5.68. The molecule has 0 saturated carbocycles. The van der Waals surface area contributed by atoms with Crippen molar-refractivity contribution in [2.45, 2.75) is 12.5 Å². The van der Waals surface area contributed by atoms with E-state index in [1.165, 1.54) is 20.5 Å². The average Bonchev–Trinajstić information content (AvgIpc) is 3.06. The number of hydrogen-bond donors (Lipinski definition) is 2. The van der Waals surface area contributed by atoms with Crippen molar-refractivity contribution < 1.29 is 0 Å². The molecule has 0 fully saturated rings. The maximum atomic E-state index is 5.66. The summed E-state index contributed by atoms with van der Waals surface area (Å²) in [6.45, 7) is 0. The van der Waals surface area contributed by atoms with Gasteiger partial charge in [-0.05, 0) is 28.8 Å². The highest BCUT2D eigenvalue weighted by atomic mass is 32.1. The van der Waals surface area contributed by atoms with Crippen molar-refractivity contribution in [3.05, 3.63) is 51.8 Å². The molecule has 2 aromatic heterocycles. The molecule has 3 rings (SSSR count). The van der Waals surface area contributed by atoms with Crippen LogP contribution in [0.3, 0.4) is 0 Å². The van der Waals surface area contributed by atoms with Gasteiger partial charge in [0.25, 0.3) is 0 Å². The standard InChI is InChI=1S/C13H13N3S2/c14-16-11(13-6-15-8-18-13)5-9-7-17-12-4-2-1-3-10(9)12/h1-4,6-8,11,16H,5,14H2. The Labute approximate surface area is 113 Å². The lowest BCUT2D eigenvalue weighted by molar-refractivity contribution is 0.562. The topological polar surface area (TPSA) is 50.9 Å². The maximum absolute atomic E-state index is 5.66. The Bertz CT molecular complexity index is 631. The summed E-state index contributed by atoms with van der Waals surface area (Å²) in [7, 11) is 0. The van der Waals surface area contributed by atoms with E-state index in [0.29, 0.717) is 0 Å². The van der Waals surface area contributed by atoms with E-state index in [9.17, 15) is 0 Å². The van der Waals surface area contributed by atoms with Gasteiger partial charge in [0.2, 0.25) is 0 Å². The third-order valence-electron chi connectivity index (χ3n) is 2.98. The number of rotatable bonds is 4. The molecule has 0 saturated heterocycles. The van der Waals surface area contributed by atoms with Crippen molar-refractivity contribution in [3.8, 4) is 0 Å². The molecule has 1 unspecified atom stereocenters. The number of hydrogen-bond acceptors (Lipinski definition) is 5. The molecule has 1 aromatic carbocycles. The van der Waals surface area contributed by atoms with Crippen molar-refractivity contribution in [1.82, 2.24) is 10.4 Å². The number of hydrazine groups is 1. The number of fused-ring (bicyclic) bond motifs is 1. The fourth-order valence-corrected chi connectivity index (χ4v) is 3.71. The van der Waals surface area contributed by atoms with Crippen LogP contribution in [0.4, 0.5) is 0 Å². The predicted octanol–water partition coefficient (Wildman–Crippen LogP) is 3.10. The maximum Gasteiger partial charge on any atom is 0.0794 e. The Morgan fingerprint density at radius 2 is 2.17 bits per heavy atom. The molecule has 1 atom stereocenters. The minimum Gasteiger partial charge on any atom is -0.271 e. The summed E-state index contributed by atoms with van der Waals surface area (Å²) in [6.07, 6.45) is 2.77. The second-order valence-electron chi connectivity index (χ2n) is 4.08. The molecule has 0 radical (unpaired) electrons. The molecule has 5 heteroatoms.